The lowest BCUT2D eigenvalue weighted by atomic mass is 10.1. The average molecular weight is 349 g/mol. The topological polar surface area (TPSA) is 33.6 Å². The SMILES string of the molecule is Fc1cccc(Oc2cccc(Br)c2)c1C1=NCCCN1. The lowest BCUT2D eigenvalue weighted by molar-refractivity contribution is 0.474. The van der Waals surface area contributed by atoms with Gasteiger partial charge >= 0.3 is 0 Å². The van der Waals surface area contributed by atoms with Crippen LogP contribution in [0.15, 0.2) is 51.9 Å². The van der Waals surface area contributed by atoms with E-state index in [1.165, 1.54) is 6.07 Å². The second-order valence-corrected chi connectivity index (χ2v) is 5.60. The maximum absolute atomic E-state index is 14.2. The molecular formula is C16H14BrFN2O. The molecule has 0 saturated heterocycles. The number of nitrogens with one attached hydrogen (secondary N) is 1. The minimum absolute atomic E-state index is 0.337. The van der Waals surface area contributed by atoms with Gasteiger partial charge in [0.2, 0.25) is 0 Å². The van der Waals surface area contributed by atoms with Gasteiger partial charge in [-0.25, -0.2) is 4.39 Å². The molecule has 2 aromatic rings. The molecule has 2 aromatic carbocycles. The van der Waals surface area contributed by atoms with Crippen molar-refractivity contribution in [1.82, 2.24) is 5.32 Å². The van der Waals surface area contributed by atoms with Gasteiger partial charge < -0.3 is 10.1 Å². The first kappa shape index (κ1) is 14.1. The van der Waals surface area contributed by atoms with Gasteiger partial charge in [0.15, 0.2) is 0 Å². The highest BCUT2D eigenvalue weighted by atomic mass is 79.9. The Morgan fingerprint density at radius 1 is 1.19 bits per heavy atom. The summed E-state index contributed by atoms with van der Waals surface area (Å²) in [6.07, 6.45) is 0.958. The van der Waals surface area contributed by atoms with Crippen molar-refractivity contribution in [3.63, 3.8) is 0 Å². The minimum atomic E-state index is -0.337. The first-order valence-corrected chi connectivity index (χ1v) is 7.54. The highest BCUT2D eigenvalue weighted by Gasteiger charge is 2.18. The Morgan fingerprint density at radius 3 is 2.81 bits per heavy atom. The van der Waals surface area contributed by atoms with Crippen LogP contribution in [0.5, 0.6) is 11.5 Å². The molecule has 0 unspecified atom stereocenters. The summed E-state index contributed by atoms with van der Waals surface area (Å²) in [6, 6.07) is 12.2. The van der Waals surface area contributed by atoms with Crippen LogP contribution >= 0.6 is 15.9 Å². The average Bonchev–Trinajstić information content (AvgIpc) is 2.48. The highest BCUT2D eigenvalue weighted by Crippen LogP contribution is 2.29. The van der Waals surface area contributed by atoms with Crippen LogP contribution in [0.1, 0.15) is 12.0 Å². The maximum Gasteiger partial charge on any atom is 0.141 e. The fourth-order valence-corrected chi connectivity index (χ4v) is 2.55. The molecule has 0 radical (unpaired) electrons. The Hall–Kier alpha value is -1.88. The Kier molecular flexibility index (Phi) is 4.20. The van der Waals surface area contributed by atoms with E-state index in [2.05, 4.69) is 26.2 Å². The van der Waals surface area contributed by atoms with Crippen molar-refractivity contribution in [2.45, 2.75) is 6.42 Å². The molecule has 0 spiro atoms. The van der Waals surface area contributed by atoms with Crippen LogP contribution in [0.4, 0.5) is 4.39 Å². The predicted octanol–water partition coefficient (Wildman–Crippen LogP) is 4.12. The van der Waals surface area contributed by atoms with Crippen molar-refractivity contribution in [1.29, 1.82) is 0 Å². The van der Waals surface area contributed by atoms with E-state index in [9.17, 15) is 4.39 Å². The molecule has 3 nitrogen and oxygen atoms in total. The third-order valence-corrected chi connectivity index (χ3v) is 3.63. The monoisotopic (exact) mass is 348 g/mol. The Bertz CT molecular complexity index is 688. The zero-order valence-electron chi connectivity index (χ0n) is 11.3. The van der Waals surface area contributed by atoms with Crippen LogP contribution in [0.3, 0.4) is 0 Å². The summed E-state index contributed by atoms with van der Waals surface area (Å²) in [5.41, 5.74) is 0.386. The summed E-state index contributed by atoms with van der Waals surface area (Å²) in [6.45, 7) is 1.50. The van der Waals surface area contributed by atoms with Gasteiger partial charge in [0.25, 0.3) is 0 Å². The lowest BCUT2D eigenvalue weighted by Crippen LogP contribution is -2.31. The number of halogens is 2. The van der Waals surface area contributed by atoms with Gasteiger partial charge in [0.05, 0.1) is 5.56 Å². The van der Waals surface area contributed by atoms with Crippen LogP contribution in [0.2, 0.25) is 0 Å². The molecule has 0 bridgehead atoms. The van der Waals surface area contributed by atoms with Gasteiger partial charge in [-0.1, -0.05) is 28.1 Å². The second kappa shape index (κ2) is 6.26. The van der Waals surface area contributed by atoms with E-state index in [0.717, 1.165) is 17.4 Å². The molecule has 108 valence electrons. The Morgan fingerprint density at radius 2 is 2.05 bits per heavy atom. The van der Waals surface area contributed by atoms with Gasteiger partial charge in [-0.3, -0.25) is 4.99 Å². The Balaban J connectivity index is 1.98. The summed E-state index contributed by atoms with van der Waals surface area (Å²) in [7, 11) is 0. The Labute approximate surface area is 131 Å². The van der Waals surface area contributed by atoms with E-state index in [4.69, 9.17) is 4.74 Å². The van der Waals surface area contributed by atoms with E-state index >= 15 is 0 Å². The standard InChI is InChI=1S/C16H14BrFN2O/c17-11-4-1-5-12(10-11)21-14-7-2-6-13(18)15(14)16-19-8-3-9-20-16/h1-2,4-7,10H,3,8-9H2,(H,19,20). The minimum Gasteiger partial charge on any atom is -0.456 e. The van der Waals surface area contributed by atoms with Crippen molar-refractivity contribution in [2.75, 3.05) is 13.1 Å². The third kappa shape index (κ3) is 3.24. The number of ether oxygens (including phenoxy) is 1. The highest BCUT2D eigenvalue weighted by molar-refractivity contribution is 9.10. The van der Waals surface area contributed by atoms with Gasteiger partial charge in [-0.15, -0.1) is 0 Å². The van der Waals surface area contributed by atoms with E-state index in [1.807, 2.05) is 24.3 Å². The summed E-state index contributed by atoms with van der Waals surface area (Å²) in [5.74, 6) is 1.33. The number of nitrogens with zero attached hydrogens (tertiary/aromatic N) is 1. The van der Waals surface area contributed by atoms with Gasteiger partial charge in [0.1, 0.15) is 23.2 Å². The molecule has 0 saturated carbocycles. The number of benzene rings is 2. The van der Waals surface area contributed by atoms with Crippen LogP contribution in [0, 0.1) is 5.82 Å². The van der Waals surface area contributed by atoms with Gasteiger partial charge in [-0.05, 0) is 36.8 Å². The maximum atomic E-state index is 14.2. The van der Waals surface area contributed by atoms with E-state index in [1.54, 1.807) is 12.1 Å². The van der Waals surface area contributed by atoms with Crippen LogP contribution < -0.4 is 10.1 Å². The zero-order chi connectivity index (χ0) is 14.7. The normalized spacial score (nSPS) is 14.3. The number of hydrogen-bond donors (Lipinski definition) is 1. The zero-order valence-corrected chi connectivity index (χ0v) is 12.9. The van der Waals surface area contributed by atoms with Crippen molar-refractivity contribution in [3.05, 3.63) is 58.3 Å². The number of rotatable bonds is 3. The molecule has 1 heterocycles. The van der Waals surface area contributed by atoms with Gasteiger partial charge in [0, 0.05) is 17.6 Å². The fraction of sp³-hybridized carbons (Fsp3) is 0.188. The fourth-order valence-electron chi connectivity index (χ4n) is 2.18. The van der Waals surface area contributed by atoms with Crippen molar-refractivity contribution >= 4 is 21.8 Å². The molecule has 5 heteroatoms. The number of hydrogen-bond acceptors (Lipinski definition) is 3. The largest absolute Gasteiger partial charge is 0.456 e. The third-order valence-electron chi connectivity index (χ3n) is 3.13. The van der Waals surface area contributed by atoms with Crippen molar-refractivity contribution in [2.24, 2.45) is 4.99 Å². The van der Waals surface area contributed by atoms with Crippen LogP contribution in [0.25, 0.3) is 0 Å². The smallest absolute Gasteiger partial charge is 0.141 e. The van der Waals surface area contributed by atoms with Crippen LogP contribution in [-0.4, -0.2) is 18.9 Å². The molecule has 21 heavy (non-hydrogen) atoms. The molecule has 1 N–H and O–H groups in total. The molecule has 0 amide bonds. The first-order chi connectivity index (χ1) is 10.2. The predicted molar refractivity (Wildman–Crippen MR) is 84.6 cm³/mol. The summed E-state index contributed by atoms with van der Waals surface area (Å²) < 4.78 is 20.9. The molecule has 0 aromatic heterocycles. The first-order valence-electron chi connectivity index (χ1n) is 6.74. The molecule has 3 rings (SSSR count). The second-order valence-electron chi connectivity index (χ2n) is 4.68. The number of amidine groups is 1. The molecule has 1 aliphatic heterocycles. The summed E-state index contributed by atoms with van der Waals surface area (Å²) in [5, 5.41) is 3.13. The number of aliphatic imine (C=N–C) groups is 1. The van der Waals surface area contributed by atoms with E-state index in [-0.39, 0.29) is 5.82 Å². The van der Waals surface area contributed by atoms with E-state index < -0.39 is 0 Å². The van der Waals surface area contributed by atoms with Crippen LogP contribution in [-0.2, 0) is 0 Å². The molecule has 0 fully saturated rings. The van der Waals surface area contributed by atoms with Crippen molar-refractivity contribution in [3.8, 4) is 11.5 Å². The molecule has 0 atom stereocenters. The quantitative estimate of drug-likeness (QED) is 0.904. The summed E-state index contributed by atoms with van der Waals surface area (Å²) >= 11 is 3.39. The molecule has 0 aliphatic carbocycles. The lowest BCUT2D eigenvalue weighted by Gasteiger charge is -2.18. The summed E-state index contributed by atoms with van der Waals surface area (Å²) in [4.78, 5) is 4.36. The van der Waals surface area contributed by atoms with Crippen molar-refractivity contribution < 1.29 is 9.13 Å². The molecular weight excluding hydrogens is 335 g/mol. The molecule has 1 aliphatic rings. The van der Waals surface area contributed by atoms with E-state index in [0.29, 0.717) is 29.4 Å². The van der Waals surface area contributed by atoms with Gasteiger partial charge in [-0.2, -0.15) is 0 Å².